The predicted molar refractivity (Wildman–Crippen MR) is 91.3 cm³/mol. The van der Waals surface area contributed by atoms with Crippen LogP contribution in [-0.2, 0) is 4.79 Å². The average molecular weight is 354 g/mol. The second-order valence-corrected chi connectivity index (χ2v) is 6.55. The molecule has 21 heavy (non-hydrogen) atoms. The molecule has 0 aromatic heterocycles. The van der Waals surface area contributed by atoms with Crippen molar-refractivity contribution in [2.24, 2.45) is 0 Å². The Bertz CT molecular complexity index is 490. The summed E-state index contributed by atoms with van der Waals surface area (Å²) in [4.78, 5) is 14.6. The van der Waals surface area contributed by atoms with Crippen molar-refractivity contribution in [3.05, 3.63) is 22.7 Å². The fourth-order valence-corrected chi connectivity index (χ4v) is 3.43. The first-order valence-electron chi connectivity index (χ1n) is 7.69. The molecule has 116 valence electrons. The summed E-state index contributed by atoms with van der Waals surface area (Å²) in [7, 11) is 0. The van der Waals surface area contributed by atoms with Crippen molar-refractivity contribution in [2.45, 2.75) is 45.1 Å². The molecule has 0 spiro atoms. The number of nitrogens with two attached hydrogens (primary N) is 1. The van der Waals surface area contributed by atoms with E-state index >= 15 is 0 Å². The zero-order valence-corrected chi connectivity index (χ0v) is 14.2. The number of benzene rings is 1. The summed E-state index contributed by atoms with van der Waals surface area (Å²) in [5.74, 6) is 0.0449. The molecule has 0 aliphatic carbocycles. The van der Waals surface area contributed by atoms with E-state index in [0.717, 1.165) is 16.7 Å². The molecule has 1 saturated heterocycles. The molecule has 0 bridgehead atoms. The van der Waals surface area contributed by atoms with Crippen molar-refractivity contribution in [3.63, 3.8) is 0 Å². The molecule has 1 atom stereocenters. The van der Waals surface area contributed by atoms with Gasteiger partial charge in [0.15, 0.2) is 0 Å². The van der Waals surface area contributed by atoms with Crippen molar-refractivity contribution in [2.75, 3.05) is 24.1 Å². The van der Waals surface area contributed by atoms with E-state index < -0.39 is 0 Å². The third kappa shape index (κ3) is 4.71. The van der Waals surface area contributed by atoms with Gasteiger partial charge < -0.3 is 11.1 Å². The van der Waals surface area contributed by atoms with Crippen LogP contribution in [0, 0.1) is 0 Å². The second-order valence-electron chi connectivity index (χ2n) is 5.70. The van der Waals surface area contributed by atoms with Crippen LogP contribution in [0.3, 0.4) is 0 Å². The summed E-state index contributed by atoms with van der Waals surface area (Å²) >= 11 is 3.43. The third-order valence-corrected chi connectivity index (χ3v) is 4.64. The van der Waals surface area contributed by atoms with Gasteiger partial charge in [0.2, 0.25) is 5.91 Å². The number of nitrogens with one attached hydrogen (secondary N) is 1. The molecule has 1 aliphatic rings. The smallest absolute Gasteiger partial charge is 0.238 e. The molecule has 1 amide bonds. The van der Waals surface area contributed by atoms with Crippen LogP contribution in [0.15, 0.2) is 22.7 Å². The van der Waals surface area contributed by atoms with E-state index in [2.05, 4.69) is 33.1 Å². The normalized spacial score (nSPS) is 19.4. The molecule has 1 aliphatic heterocycles. The highest BCUT2D eigenvalue weighted by atomic mass is 79.9. The number of amides is 1. The Kier molecular flexibility index (Phi) is 6.06. The van der Waals surface area contributed by atoms with Gasteiger partial charge in [-0.05, 0) is 59.9 Å². The van der Waals surface area contributed by atoms with Gasteiger partial charge in [-0.15, -0.1) is 0 Å². The SMILES string of the molecule is CCCC1CCCCN1CC(=O)Nc1ccc(N)cc1Br. The van der Waals surface area contributed by atoms with Gasteiger partial charge >= 0.3 is 0 Å². The Morgan fingerprint density at radius 2 is 2.29 bits per heavy atom. The Morgan fingerprint density at radius 1 is 1.48 bits per heavy atom. The predicted octanol–water partition coefficient (Wildman–Crippen LogP) is 3.62. The van der Waals surface area contributed by atoms with Crippen LogP contribution < -0.4 is 11.1 Å². The van der Waals surface area contributed by atoms with Gasteiger partial charge in [0.1, 0.15) is 0 Å². The Labute approximate surface area is 135 Å². The van der Waals surface area contributed by atoms with Gasteiger partial charge in [-0.3, -0.25) is 9.69 Å². The van der Waals surface area contributed by atoms with Crippen molar-refractivity contribution in [3.8, 4) is 0 Å². The number of nitrogen functional groups attached to an aromatic ring is 1. The summed E-state index contributed by atoms with van der Waals surface area (Å²) in [6.07, 6.45) is 6.04. The topological polar surface area (TPSA) is 58.4 Å². The zero-order chi connectivity index (χ0) is 15.2. The molecule has 1 fully saturated rings. The number of rotatable bonds is 5. The first-order valence-corrected chi connectivity index (χ1v) is 8.48. The number of nitrogens with zero attached hydrogens (tertiary/aromatic N) is 1. The minimum absolute atomic E-state index is 0.0449. The maximum atomic E-state index is 12.3. The third-order valence-electron chi connectivity index (χ3n) is 3.98. The van der Waals surface area contributed by atoms with Crippen LogP contribution >= 0.6 is 15.9 Å². The van der Waals surface area contributed by atoms with Gasteiger partial charge in [-0.25, -0.2) is 0 Å². The lowest BCUT2D eigenvalue weighted by atomic mass is 9.98. The lowest BCUT2D eigenvalue weighted by Gasteiger charge is -2.35. The number of likely N-dealkylation sites (tertiary alicyclic amines) is 1. The highest BCUT2D eigenvalue weighted by Gasteiger charge is 2.23. The first kappa shape index (κ1) is 16.3. The molecular weight excluding hydrogens is 330 g/mol. The summed E-state index contributed by atoms with van der Waals surface area (Å²) in [5, 5.41) is 2.96. The lowest BCUT2D eigenvalue weighted by molar-refractivity contribution is -0.118. The Morgan fingerprint density at radius 3 is 3.00 bits per heavy atom. The Balaban J connectivity index is 1.93. The molecule has 1 aromatic rings. The molecule has 0 radical (unpaired) electrons. The van der Waals surface area contributed by atoms with Crippen molar-refractivity contribution < 1.29 is 4.79 Å². The summed E-state index contributed by atoms with van der Waals surface area (Å²) in [5.41, 5.74) is 7.16. The number of hydrogen-bond donors (Lipinski definition) is 2. The maximum absolute atomic E-state index is 12.3. The molecule has 2 rings (SSSR count). The average Bonchev–Trinajstić information content (AvgIpc) is 2.44. The number of carbonyl (C=O) groups excluding carboxylic acids is 1. The molecule has 1 unspecified atom stereocenters. The lowest BCUT2D eigenvalue weighted by Crippen LogP contribution is -2.43. The monoisotopic (exact) mass is 353 g/mol. The van der Waals surface area contributed by atoms with Crippen LogP contribution in [-0.4, -0.2) is 29.9 Å². The van der Waals surface area contributed by atoms with Crippen molar-refractivity contribution in [1.82, 2.24) is 4.90 Å². The Hall–Kier alpha value is -1.07. The fourth-order valence-electron chi connectivity index (χ4n) is 2.94. The number of hydrogen-bond acceptors (Lipinski definition) is 3. The minimum Gasteiger partial charge on any atom is -0.399 e. The summed E-state index contributed by atoms with van der Waals surface area (Å²) in [6.45, 7) is 3.71. The van der Waals surface area contributed by atoms with Crippen LogP contribution in [0.1, 0.15) is 39.0 Å². The summed E-state index contributed by atoms with van der Waals surface area (Å²) in [6, 6.07) is 5.98. The van der Waals surface area contributed by atoms with E-state index in [9.17, 15) is 4.79 Å². The largest absolute Gasteiger partial charge is 0.399 e. The van der Waals surface area contributed by atoms with E-state index in [-0.39, 0.29) is 5.91 Å². The van der Waals surface area contributed by atoms with Crippen LogP contribution in [0.25, 0.3) is 0 Å². The van der Waals surface area contributed by atoms with Gasteiger partial charge in [-0.1, -0.05) is 19.8 Å². The standard InChI is InChI=1S/C16H24BrN3O/c1-2-5-13-6-3-4-9-20(13)11-16(21)19-15-8-7-12(18)10-14(15)17/h7-8,10,13H,2-6,9,11,18H2,1H3,(H,19,21). The van der Waals surface area contributed by atoms with Gasteiger partial charge in [-0.2, -0.15) is 0 Å². The highest BCUT2D eigenvalue weighted by molar-refractivity contribution is 9.10. The molecule has 4 nitrogen and oxygen atoms in total. The van der Waals surface area contributed by atoms with E-state index in [4.69, 9.17) is 5.73 Å². The highest BCUT2D eigenvalue weighted by Crippen LogP contribution is 2.25. The molecule has 1 aromatic carbocycles. The van der Waals surface area contributed by atoms with Gasteiger partial charge in [0, 0.05) is 16.2 Å². The van der Waals surface area contributed by atoms with Gasteiger partial charge in [0.25, 0.3) is 0 Å². The van der Waals surface area contributed by atoms with E-state index in [1.165, 1.54) is 32.1 Å². The van der Waals surface area contributed by atoms with E-state index in [1.807, 2.05) is 6.07 Å². The number of piperidine rings is 1. The quantitative estimate of drug-likeness (QED) is 0.794. The van der Waals surface area contributed by atoms with E-state index in [1.54, 1.807) is 12.1 Å². The van der Waals surface area contributed by atoms with Crippen LogP contribution in [0.2, 0.25) is 0 Å². The molecule has 3 N–H and O–H groups in total. The van der Waals surface area contributed by atoms with E-state index in [0.29, 0.717) is 18.3 Å². The van der Waals surface area contributed by atoms with Crippen LogP contribution in [0.5, 0.6) is 0 Å². The second kappa shape index (κ2) is 7.80. The molecule has 0 saturated carbocycles. The number of carbonyl (C=O) groups is 1. The number of halogens is 1. The first-order chi connectivity index (χ1) is 10.1. The summed E-state index contributed by atoms with van der Waals surface area (Å²) < 4.78 is 0.819. The maximum Gasteiger partial charge on any atom is 0.238 e. The molecular formula is C16H24BrN3O. The molecule has 5 heteroatoms. The fraction of sp³-hybridized carbons (Fsp3) is 0.562. The minimum atomic E-state index is 0.0449. The van der Waals surface area contributed by atoms with Crippen molar-refractivity contribution >= 4 is 33.2 Å². The number of anilines is 2. The van der Waals surface area contributed by atoms with Gasteiger partial charge in [0.05, 0.1) is 12.2 Å². The zero-order valence-electron chi connectivity index (χ0n) is 12.6. The van der Waals surface area contributed by atoms with Crippen molar-refractivity contribution in [1.29, 1.82) is 0 Å². The van der Waals surface area contributed by atoms with Crippen LogP contribution in [0.4, 0.5) is 11.4 Å². The molecule has 1 heterocycles.